The second-order valence-corrected chi connectivity index (χ2v) is 7.34. The van der Waals surface area contributed by atoms with E-state index in [4.69, 9.17) is 0 Å². The Morgan fingerprint density at radius 2 is 1.83 bits per heavy atom. The van der Waals surface area contributed by atoms with Crippen LogP contribution in [0.15, 0.2) is 49.5 Å². The van der Waals surface area contributed by atoms with E-state index in [0.717, 1.165) is 16.3 Å². The summed E-state index contributed by atoms with van der Waals surface area (Å²) in [5, 5.41) is 9.95. The Balaban J connectivity index is 2.44. The fraction of sp³-hybridized carbons (Fsp3) is 0.211. The zero-order valence-electron chi connectivity index (χ0n) is 16.1. The topological polar surface area (TPSA) is 107 Å². The number of allylic oxidation sites excluding steroid dienone is 2. The highest BCUT2D eigenvalue weighted by atomic mass is 32.2. The second-order valence-electron chi connectivity index (χ2n) is 6.34. The molecule has 0 fully saturated rings. The van der Waals surface area contributed by atoms with Crippen molar-refractivity contribution in [3.05, 3.63) is 61.6 Å². The Hall–Kier alpha value is -3.27. The Morgan fingerprint density at radius 3 is 2.41 bits per heavy atom. The zero-order chi connectivity index (χ0) is 21.5. The first kappa shape index (κ1) is 20.5. The number of hydrogen-bond donors (Lipinski definition) is 1. The summed E-state index contributed by atoms with van der Waals surface area (Å²) in [6, 6.07) is 5.54. The number of rotatable bonds is 4. The summed E-state index contributed by atoms with van der Waals surface area (Å²) in [5.74, 6) is -1.09. The number of aliphatic hydroxyl groups excluding tert-OH is 1. The average molecular weight is 416 g/mol. The number of benzene rings is 1. The van der Waals surface area contributed by atoms with Gasteiger partial charge in [-0.1, -0.05) is 23.9 Å². The van der Waals surface area contributed by atoms with Crippen molar-refractivity contribution in [2.24, 2.45) is 14.1 Å². The number of halogens is 1. The molecule has 0 aliphatic carbocycles. The summed E-state index contributed by atoms with van der Waals surface area (Å²) < 4.78 is 15.8. The second kappa shape index (κ2) is 7.63. The van der Waals surface area contributed by atoms with Crippen molar-refractivity contribution in [2.45, 2.75) is 18.9 Å². The van der Waals surface area contributed by atoms with Gasteiger partial charge >= 0.3 is 5.69 Å². The molecule has 0 saturated carbocycles. The highest BCUT2D eigenvalue weighted by Crippen LogP contribution is 2.32. The van der Waals surface area contributed by atoms with E-state index >= 15 is 0 Å². The summed E-state index contributed by atoms with van der Waals surface area (Å²) >= 11 is 0.791. The molecule has 0 radical (unpaired) electrons. The van der Waals surface area contributed by atoms with Gasteiger partial charge in [-0.25, -0.2) is 19.2 Å². The molecule has 0 atom stereocenters. The lowest BCUT2D eigenvalue weighted by Crippen LogP contribution is -2.37. The van der Waals surface area contributed by atoms with Gasteiger partial charge in [-0.2, -0.15) is 0 Å². The molecular weight excluding hydrogens is 399 g/mol. The normalized spacial score (nSPS) is 12.2. The van der Waals surface area contributed by atoms with Crippen molar-refractivity contribution in [3.8, 4) is 11.4 Å². The summed E-state index contributed by atoms with van der Waals surface area (Å²) in [6.07, 6.45) is 0. The molecule has 10 heteroatoms. The van der Waals surface area contributed by atoms with Gasteiger partial charge in [0.15, 0.2) is 17.3 Å². The van der Waals surface area contributed by atoms with Gasteiger partial charge in [0.2, 0.25) is 0 Å². The minimum atomic E-state index is -0.644. The average Bonchev–Trinajstić information content (AvgIpc) is 2.67. The molecule has 2 aromatic heterocycles. The number of nitrogens with zero attached hydrogens (tertiary/aromatic N) is 4. The SMILES string of the molecule is CC(=O)/C(Sc1nc(-c2cccc(F)c2)nc2c1c(=O)n(C)c(=O)n2C)=C(\C)O. The van der Waals surface area contributed by atoms with Gasteiger partial charge in [0.05, 0.1) is 4.91 Å². The maximum atomic E-state index is 13.7. The summed E-state index contributed by atoms with van der Waals surface area (Å²) in [6.45, 7) is 2.61. The Bertz CT molecular complexity index is 1310. The summed E-state index contributed by atoms with van der Waals surface area (Å²) in [5.41, 5.74) is -0.873. The fourth-order valence-corrected chi connectivity index (χ4v) is 3.65. The molecule has 0 saturated heterocycles. The smallest absolute Gasteiger partial charge is 0.332 e. The first-order valence-electron chi connectivity index (χ1n) is 8.44. The standard InChI is InChI=1S/C19H17FN4O4S/c1-9(25)14(10(2)26)29-17-13-16(23(3)19(28)24(4)18(13)27)21-15(22-17)11-6-5-7-12(20)8-11/h5-8,25H,1-4H3/b14-9-. The summed E-state index contributed by atoms with van der Waals surface area (Å²) in [7, 11) is 2.76. The van der Waals surface area contributed by atoms with Crippen LogP contribution in [0.25, 0.3) is 22.4 Å². The predicted molar refractivity (Wildman–Crippen MR) is 107 cm³/mol. The number of aromatic nitrogens is 4. The molecule has 0 amide bonds. The van der Waals surface area contributed by atoms with Gasteiger partial charge in [0.1, 0.15) is 22.0 Å². The number of aryl methyl sites for hydroxylation is 1. The van der Waals surface area contributed by atoms with E-state index in [0.29, 0.717) is 5.56 Å². The van der Waals surface area contributed by atoms with Crippen LogP contribution in [0.3, 0.4) is 0 Å². The molecule has 0 spiro atoms. The lowest BCUT2D eigenvalue weighted by molar-refractivity contribution is -0.113. The highest BCUT2D eigenvalue weighted by Gasteiger charge is 2.21. The summed E-state index contributed by atoms with van der Waals surface area (Å²) in [4.78, 5) is 45.7. The number of carbonyl (C=O) groups excluding carboxylic acids is 1. The molecule has 3 aromatic rings. The Kier molecular flexibility index (Phi) is 5.38. The van der Waals surface area contributed by atoms with Crippen LogP contribution in [0.2, 0.25) is 0 Å². The van der Waals surface area contributed by atoms with Crippen molar-refractivity contribution < 1.29 is 14.3 Å². The monoisotopic (exact) mass is 416 g/mol. The molecule has 8 nitrogen and oxygen atoms in total. The van der Waals surface area contributed by atoms with Crippen molar-refractivity contribution in [3.63, 3.8) is 0 Å². The fourth-order valence-electron chi connectivity index (χ4n) is 2.76. The Labute approximate surface area is 168 Å². The van der Waals surface area contributed by atoms with Crippen LogP contribution in [0.4, 0.5) is 4.39 Å². The molecule has 0 bridgehead atoms. The number of hydrogen-bond acceptors (Lipinski definition) is 7. The minimum absolute atomic E-state index is 0.00824. The lowest BCUT2D eigenvalue weighted by atomic mass is 10.2. The lowest BCUT2D eigenvalue weighted by Gasteiger charge is -2.12. The maximum Gasteiger partial charge on any atom is 0.332 e. The molecular formula is C19H17FN4O4S. The molecule has 1 N–H and O–H groups in total. The quantitative estimate of drug-likeness (QED) is 0.301. The molecule has 0 unspecified atom stereocenters. The van der Waals surface area contributed by atoms with Gasteiger partial charge < -0.3 is 5.11 Å². The number of carbonyl (C=O) groups is 1. The molecule has 1 aromatic carbocycles. The number of aliphatic hydroxyl groups is 1. The van der Waals surface area contributed by atoms with Crippen molar-refractivity contribution >= 4 is 28.6 Å². The first-order chi connectivity index (χ1) is 13.6. The third kappa shape index (κ3) is 3.70. The van der Waals surface area contributed by atoms with E-state index in [9.17, 15) is 23.9 Å². The van der Waals surface area contributed by atoms with Gasteiger partial charge in [-0.05, 0) is 26.0 Å². The van der Waals surface area contributed by atoms with Crippen LogP contribution >= 0.6 is 11.8 Å². The van der Waals surface area contributed by atoms with Gasteiger partial charge in [-0.3, -0.25) is 18.7 Å². The Morgan fingerprint density at radius 1 is 1.14 bits per heavy atom. The van der Waals surface area contributed by atoms with Crippen LogP contribution in [-0.4, -0.2) is 30.0 Å². The molecule has 3 rings (SSSR count). The van der Waals surface area contributed by atoms with E-state index in [1.807, 2.05) is 0 Å². The number of Topliss-reactive ketones (excluding diaryl/α,β-unsaturated/α-hetero) is 1. The first-order valence-corrected chi connectivity index (χ1v) is 9.25. The van der Waals surface area contributed by atoms with E-state index < -0.39 is 22.8 Å². The van der Waals surface area contributed by atoms with Crippen LogP contribution in [0.1, 0.15) is 13.8 Å². The molecule has 2 heterocycles. The minimum Gasteiger partial charge on any atom is -0.511 e. The van der Waals surface area contributed by atoms with Gasteiger partial charge in [0, 0.05) is 19.7 Å². The third-order valence-corrected chi connectivity index (χ3v) is 5.47. The van der Waals surface area contributed by atoms with Gasteiger partial charge in [-0.15, -0.1) is 0 Å². The van der Waals surface area contributed by atoms with Crippen LogP contribution < -0.4 is 11.2 Å². The zero-order valence-corrected chi connectivity index (χ0v) is 16.9. The van der Waals surface area contributed by atoms with Crippen molar-refractivity contribution in [1.82, 2.24) is 19.1 Å². The van der Waals surface area contributed by atoms with Crippen LogP contribution in [0.5, 0.6) is 0 Å². The van der Waals surface area contributed by atoms with Crippen molar-refractivity contribution in [2.75, 3.05) is 0 Å². The molecule has 29 heavy (non-hydrogen) atoms. The number of ketones is 1. The molecule has 150 valence electrons. The molecule has 0 aliphatic heterocycles. The molecule has 0 aliphatic rings. The van der Waals surface area contributed by atoms with E-state index in [1.54, 1.807) is 6.07 Å². The van der Waals surface area contributed by atoms with Crippen molar-refractivity contribution in [1.29, 1.82) is 0 Å². The largest absolute Gasteiger partial charge is 0.511 e. The van der Waals surface area contributed by atoms with Crippen LogP contribution in [0, 0.1) is 5.82 Å². The van der Waals surface area contributed by atoms with Gasteiger partial charge in [0.25, 0.3) is 5.56 Å². The highest BCUT2D eigenvalue weighted by molar-refractivity contribution is 8.04. The predicted octanol–water partition coefficient (Wildman–Crippen LogP) is 2.30. The van der Waals surface area contributed by atoms with E-state index in [1.165, 1.54) is 50.7 Å². The van der Waals surface area contributed by atoms with E-state index in [-0.39, 0.29) is 32.5 Å². The number of thioether (sulfide) groups is 1. The van der Waals surface area contributed by atoms with Crippen LogP contribution in [-0.2, 0) is 18.9 Å². The van der Waals surface area contributed by atoms with E-state index in [2.05, 4.69) is 9.97 Å². The maximum absolute atomic E-state index is 13.7. The third-order valence-electron chi connectivity index (χ3n) is 4.20. The number of fused-ring (bicyclic) bond motifs is 1.